The summed E-state index contributed by atoms with van der Waals surface area (Å²) in [6.07, 6.45) is 3.89. The first-order valence-electron chi connectivity index (χ1n) is 7.46. The van der Waals surface area contributed by atoms with E-state index in [1.807, 2.05) is 4.68 Å². The molecule has 2 rings (SSSR count). The SMILES string of the molecule is CCC1SCCSC1C(Cc1ncnn1C(C)C)NC. The maximum atomic E-state index is 4.47. The van der Waals surface area contributed by atoms with E-state index in [0.717, 1.165) is 17.5 Å². The van der Waals surface area contributed by atoms with Crippen molar-refractivity contribution in [1.82, 2.24) is 20.1 Å². The lowest BCUT2D eigenvalue weighted by molar-refractivity contribution is 0.458. The molecule has 0 saturated carbocycles. The molecule has 1 fully saturated rings. The lowest BCUT2D eigenvalue weighted by Gasteiger charge is -2.35. The van der Waals surface area contributed by atoms with Gasteiger partial charge in [0, 0.05) is 40.5 Å². The summed E-state index contributed by atoms with van der Waals surface area (Å²) in [5.74, 6) is 3.66. The van der Waals surface area contributed by atoms with Gasteiger partial charge in [-0.1, -0.05) is 6.92 Å². The number of aromatic nitrogens is 3. The number of rotatable bonds is 6. The van der Waals surface area contributed by atoms with Gasteiger partial charge in [-0.2, -0.15) is 28.6 Å². The number of hydrogen-bond donors (Lipinski definition) is 1. The topological polar surface area (TPSA) is 42.7 Å². The third kappa shape index (κ3) is 3.71. The molecule has 3 atom stereocenters. The Morgan fingerprint density at radius 1 is 1.40 bits per heavy atom. The molecule has 0 aliphatic carbocycles. The van der Waals surface area contributed by atoms with Gasteiger partial charge >= 0.3 is 0 Å². The lowest BCUT2D eigenvalue weighted by Crippen LogP contribution is -2.45. The molecule has 1 aliphatic heterocycles. The molecule has 0 spiro atoms. The molecule has 3 unspecified atom stereocenters. The Kier molecular flexibility index (Phi) is 6.23. The Bertz CT molecular complexity index is 408. The molecule has 1 aromatic heterocycles. The van der Waals surface area contributed by atoms with Gasteiger partial charge in [0.15, 0.2) is 0 Å². The van der Waals surface area contributed by atoms with E-state index >= 15 is 0 Å². The Morgan fingerprint density at radius 3 is 2.80 bits per heavy atom. The van der Waals surface area contributed by atoms with E-state index in [0.29, 0.717) is 17.3 Å². The summed E-state index contributed by atoms with van der Waals surface area (Å²) in [7, 11) is 2.08. The van der Waals surface area contributed by atoms with Crippen molar-refractivity contribution in [3.8, 4) is 0 Å². The van der Waals surface area contributed by atoms with Crippen molar-refractivity contribution in [3.63, 3.8) is 0 Å². The second-order valence-corrected chi connectivity index (χ2v) is 8.10. The number of hydrogen-bond acceptors (Lipinski definition) is 5. The van der Waals surface area contributed by atoms with Crippen LogP contribution in [-0.2, 0) is 6.42 Å². The molecule has 114 valence electrons. The van der Waals surface area contributed by atoms with Crippen LogP contribution in [0.1, 0.15) is 39.1 Å². The van der Waals surface area contributed by atoms with Crippen LogP contribution in [-0.4, -0.2) is 49.9 Å². The van der Waals surface area contributed by atoms with Gasteiger partial charge in [-0.05, 0) is 27.3 Å². The van der Waals surface area contributed by atoms with Crippen LogP contribution < -0.4 is 5.32 Å². The largest absolute Gasteiger partial charge is 0.315 e. The highest BCUT2D eigenvalue weighted by molar-refractivity contribution is 8.07. The average molecular weight is 315 g/mol. The molecule has 1 saturated heterocycles. The molecule has 0 amide bonds. The molecule has 2 heterocycles. The summed E-state index contributed by atoms with van der Waals surface area (Å²) in [6.45, 7) is 6.62. The highest BCUT2D eigenvalue weighted by Crippen LogP contribution is 2.35. The van der Waals surface area contributed by atoms with E-state index in [9.17, 15) is 0 Å². The zero-order valence-corrected chi connectivity index (χ0v) is 14.5. The predicted octanol–water partition coefficient (Wildman–Crippen LogP) is 2.62. The van der Waals surface area contributed by atoms with Gasteiger partial charge in [0.05, 0.1) is 0 Å². The minimum atomic E-state index is 0.375. The smallest absolute Gasteiger partial charge is 0.138 e. The lowest BCUT2D eigenvalue weighted by atomic mass is 10.1. The molecule has 0 radical (unpaired) electrons. The zero-order chi connectivity index (χ0) is 14.5. The third-order valence-corrected chi connectivity index (χ3v) is 7.21. The highest BCUT2D eigenvalue weighted by atomic mass is 32.2. The summed E-state index contributed by atoms with van der Waals surface area (Å²) in [4.78, 5) is 4.47. The summed E-state index contributed by atoms with van der Waals surface area (Å²) in [6, 6.07) is 0.847. The summed E-state index contributed by atoms with van der Waals surface area (Å²) < 4.78 is 2.05. The van der Waals surface area contributed by atoms with Gasteiger partial charge in [0.1, 0.15) is 12.2 Å². The van der Waals surface area contributed by atoms with Gasteiger partial charge < -0.3 is 5.32 Å². The van der Waals surface area contributed by atoms with Crippen LogP contribution in [0, 0.1) is 0 Å². The average Bonchev–Trinajstić information content (AvgIpc) is 2.93. The molecule has 4 nitrogen and oxygen atoms in total. The first kappa shape index (κ1) is 16.2. The Labute approximate surface area is 130 Å². The fourth-order valence-electron chi connectivity index (χ4n) is 2.74. The van der Waals surface area contributed by atoms with E-state index in [4.69, 9.17) is 0 Å². The van der Waals surface area contributed by atoms with Gasteiger partial charge in [-0.3, -0.25) is 0 Å². The minimum Gasteiger partial charge on any atom is -0.315 e. The maximum Gasteiger partial charge on any atom is 0.138 e. The third-order valence-electron chi connectivity index (χ3n) is 3.80. The number of likely N-dealkylation sites (N-methyl/N-ethyl adjacent to an activating group) is 1. The zero-order valence-electron chi connectivity index (χ0n) is 12.9. The van der Waals surface area contributed by atoms with E-state index < -0.39 is 0 Å². The van der Waals surface area contributed by atoms with Crippen LogP contribution >= 0.6 is 23.5 Å². The predicted molar refractivity (Wildman–Crippen MR) is 89.7 cm³/mol. The number of nitrogens with zero attached hydrogens (tertiary/aromatic N) is 3. The van der Waals surface area contributed by atoms with Crippen LogP contribution in [0.4, 0.5) is 0 Å². The van der Waals surface area contributed by atoms with Gasteiger partial charge in [0.2, 0.25) is 0 Å². The Morgan fingerprint density at radius 2 is 2.15 bits per heavy atom. The molecule has 20 heavy (non-hydrogen) atoms. The molecule has 0 bridgehead atoms. The van der Waals surface area contributed by atoms with Crippen LogP contribution in [0.3, 0.4) is 0 Å². The van der Waals surface area contributed by atoms with E-state index in [1.165, 1.54) is 17.9 Å². The second-order valence-electron chi connectivity index (χ2n) is 5.47. The first-order chi connectivity index (χ1) is 9.67. The number of thioether (sulfide) groups is 2. The molecule has 6 heteroatoms. The molecule has 0 aromatic carbocycles. The van der Waals surface area contributed by atoms with Crippen molar-refractivity contribution in [2.24, 2.45) is 0 Å². The van der Waals surface area contributed by atoms with E-state index in [2.05, 4.69) is 66.7 Å². The van der Waals surface area contributed by atoms with Crippen molar-refractivity contribution in [2.45, 2.75) is 56.2 Å². The van der Waals surface area contributed by atoms with Crippen molar-refractivity contribution >= 4 is 23.5 Å². The standard InChI is InChI=1S/C14H26N4S2/c1-5-12-14(20-7-6-19-12)11(15-4)8-13-16-9-17-18(13)10(2)3/h9-12,14-15H,5-8H2,1-4H3. The monoisotopic (exact) mass is 314 g/mol. The summed E-state index contributed by atoms with van der Waals surface area (Å²) >= 11 is 4.26. The van der Waals surface area contributed by atoms with Crippen LogP contribution in [0.5, 0.6) is 0 Å². The highest BCUT2D eigenvalue weighted by Gasteiger charge is 2.32. The molecular weight excluding hydrogens is 288 g/mol. The number of nitrogens with one attached hydrogen (secondary N) is 1. The summed E-state index contributed by atoms with van der Waals surface area (Å²) in [5, 5.41) is 9.30. The van der Waals surface area contributed by atoms with Gasteiger partial charge in [-0.15, -0.1) is 0 Å². The van der Waals surface area contributed by atoms with Crippen LogP contribution in [0.25, 0.3) is 0 Å². The van der Waals surface area contributed by atoms with Crippen LogP contribution in [0.15, 0.2) is 6.33 Å². The van der Waals surface area contributed by atoms with Gasteiger partial charge in [-0.25, -0.2) is 9.67 Å². The van der Waals surface area contributed by atoms with Crippen LogP contribution in [0.2, 0.25) is 0 Å². The first-order valence-corrected chi connectivity index (χ1v) is 9.56. The normalized spacial score (nSPS) is 25.1. The van der Waals surface area contributed by atoms with Crippen molar-refractivity contribution in [3.05, 3.63) is 12.2 Å². The molecule has 1 aromatic rings. The second kappa shape index (κ2) is 7.71. The quantitative estimate of drug-likeness (QED) is 0.874. The van der Waals surface area contributed by atoms with Crippen molar-refractivity contribution in [2.75, 3.05) is 18.6 Å². The van der Waals surface area contributed by atoms with E-state index in [-0.39, 0.29) is 0 Å². The fourth-order valence-corrected chi connectivity index (χ4v) is 6.04. The molecular formula is C14H26N4S2. The molecule has 1 N–H and O–H groups in total. The van der Waals surface area contributed by atoms with Gasteiger partial charge in [0.25, 0.3) is 0 Å². The Hall–Kier alpha value is -0.200. The maximum absolute atomic E-state index is 4.47. The van der Waals surface area contributed by atoms with Crippen molar-refractivity contribution in [1.29, 1.82) is 0 Å². The minimum absolute atomic E-state index is 0.375. The van der Waals surface area contributed by atoms with Crippen molar-refractivity contribution < 1.29 is 0 Å². The Balaban J connectivity index is 2.09. The molecule has 1 aliphatic rings. The van der Waals surface area contributed by atoms with E-state index in [1.54, 1.807) is 6.33 Å². The summed E-state index contributed by atoms with van der Waals surface area (Å²) in [5.41, 5.74) is 0. The fraction of sp³-hybridized carbons (Fsp3) is 0.857.